The van der Waals surface area contributed by atoms with E-state index >= 15 is 0 Å². The summed E-state index contributed by atoms with van der Waals surface area (Å²) in [6, 6.07) is 9.32. The number of carboxylic acid groups (broad SMARTS) is 1. The first-order valence-corrected chi connectivity index (χ1v) is 9.56. The van der Waals surface area contributed by atoms with Crippen LogP contribution in [0.2, 0.25) is 0 Å². The van der Waals surface area contributed by atoms with E-state index in [1.165, 1.54) is 6.08 Å². The number of aliphatic carboxylic acids is 1. The molecule has 1 aromatic carbocycles. The molecule has 134 valence electrons. The van der Waals surface area contributed by atoms with Gasteiger partial charge in [-0.05, 0) is 25.8 Å². The van der Waals surface area contributed by atoms with Gasteiger partial charge in [0.1, 0.15) is 0 Å². The zero-order chi connectivity index (χ0) is 18.0. The molecule has 1 aromatic rings. The van der Waals surface area contributed by atoms with E-state index in [-0.39, 0.29) is 26.1 Å². The van der Waals surface area contributed by atoms with Gasteiger partial charge in [0, 0.05) is 6.42 Å². The normalized spacial score (nSPS) is 14.6. The number of carboxylic acids is 1. The van der Waals surface area contributed by atoms with Crippen LogP contribution in [0, 0.1) is 0 Å². The highest BCUT2D eigenvalue weighted by Gasteiger charge is 2.39. The highest BCUT2D eigenvalue weighted by Crippen LogP contribution is 2.55. The SMILES string of the molecule is CCOP(=O)(OCC)[C@H](CCC(=O)O)[C@@H](O)/C=C/c1ccccc1. The molecule has 0 aliphatic rings. The standard InChI is InChI=1S/C17H25O6P/c1-3-22-24(21,23-4-2)16(12-13-17(19)20)15(18)11-10-14-8-6-5-7-9-14/h5-11,15-16,18H,3-4,12-13H2,1-2H3,(H,19,20)/b11-10+/t15-,16+/m0/s1. The van der Waals surface area contributed by atoms with Gasteiger partial charge in [0.05, 0.1) is 25.0 Å². The Morgan fingerprint density at radius 2 is 1.79 bits per heavy atom. The summed E-state index contributed by atoms with van der Waals surface area (Å²) in [5, 5.41) is 19.4. The van der Waals surface area contributed by atoms with Crippen molar-refractivity contribution in [2.24, 2.45) is 0 Å². The van der Waals surface area contributed by atoms with Crippen molar-refractivity contribution in [3.63, 3.8) is 0 Å². The Kier molecular flexibility index (Phi) is 8.93. The maximum Gasteiger partial charge on any atom is 0.336 e. The number of aliphatic hydroxyl groups is 1. The van der Waals surface area contributed by atoms with Crippen molar-refractivity contribution >= 4 is 19.6 Å². The smallest absolute Gasteiger partial charge is 0.336 e. The molecule has 0 saturated heterocycles. The summed E-state index contributed by atoms with van der Waals surface area (Å²) < 4.78 is 23.5. The quantitative estimate of drug-likeness (QED) is 0.589. The van der Waals surface area contributed by atoms with Crippen LogP contribution in [0.5, 0.6) is 0 Å². The van der Waals surface area contributed by atoms with Gasteiger partial charge >= 0.3 is 13.6 Å². The van der Waals surface area contributed by atoms with E-state index in [0.29, 0.717) is 0 Å². The minimum absolute atomic E-state index is 0.00704. The van der Waals surface area contributed by atoms with Gasteiger partial charge in [0.2, 0.25) is 0 Å². The minimum Gasteiger partial charge on any atom is -0.481 e. The van der Waals surface area contributed by atoms with Gasteiger partial charge in [-0.1, -0.05) is 42.5 Å². The summed E-state index contributed by atoms with van der Waals surface area (Å²) in [7, 11) is -3.63. The second-order valence-electron chi connectivity index (χ2n) is 5.14. The van der Waals surface area contributed by atoms with Crippen LogP contribution in [0.15, 0.2) is 36.4 Å². The van der Waals surface area contributed by atoms with E-state index in [0.717, 1.165) is 5.56 Å². The number of carbonyl (C=O) groups is 1. The molecule has 0 aromatic heterocycles. The summed E-state index contributed by atoms with van der Waals surface area (Å²) in [5.41, 5.74) is -0.0651. The lowest BCUT2D eigenvalue weighted by atomic mass is 10.1. The van der Waals surface area contributed by atoms with Crippen LogP contribution in [0.3, 0.4) is 0 Å². The van der Waals surface area contributed by atoms with Crippen molar-refractivity contribution in [2.45, 2.75) is 38.5 Å². The highest BCUT2D eigenvalue weighted by molar-refractivity contribution is 7.54. The third kappa shape index (κ3) is 6.57. The molecular weight excluding hydrogens is 331 g/mol. The van der Waals surface area contributed by atoms with Gasteiger partial charge in [-0.3, -0.25) is 9.36 Å². The molecule has 2 N–H and O–H groups in total. The van der Waals surface area contributed by atoms with E-state index in [9.17, 15) is 14.5 Å². The van der Waals surface area contributed by atoms with Crippen LogP contribution in [0.25, 0.3) is 6.08 Å². The topological polar surface area (TPSA) is 93.1 Å². The number of aliphatic hydroxyl groups excluding tert-OH is 1. The third-order valence-corrected chi connectivity index (χ3v) is 5.97. The molecule has 0 radical (unpaired) electrons. The Labute approximate surface area is 142 Å². The van der Waals surface area contributed by atoms with Gasteiger partial charge in [0.15, 0.2) is 0 Å². The molecule has 6 nitrogen and oxygen atoms in total. The number of rotatable bonds is 11. The fraction of sp³-hybridized carbons (Fsp3) is 0.471. The lowest BCUT2D eigenvalue weighted by Gasteiger charge is -2.28. The second-order valence-corrected chi connectivity index (χ2v) is 7.39. The Morgan fingerprint density at radius 1 is 1.21 bits per heavy atom. The summed E-state index contributed by atoms with van der Waals surface area (Å²) in [4.78, 5) is 10.9. The molecule has 0 fully saturated rings. The van der Waals surface area contributed by atoms with E-state index in [1.807, 2.05) is 30.3 Å². The van der Waals surface area contributed by atoms with Crippen LogP contribution in [0.1, 0.15) is 32.3 Å². The number of hydrogen-bond acceptors (Lipinski definition) is 5. The van der Waals surface area contributed by atoms with Crippen molar-refractivity contribution in [2.75, 3.05) is 13.2 Å². The lowest BCUT2D eigenvalue weighted by Crippen LogP contribution is -2.27. The van der Waals surface area contributed by atoms with Crippen molar-refractivity contribution in [3.8, 4) is 0 Å². The largest absolute Gasteiger partial charge is 0.481 e. The van der Waals surface area contributed by atoms with Crippen LogP contribution in [0.4, 0.5) is 0 Å². The van der Waals surface area contributed by atoms with Gasteiger partial charge in [-0.25, -0.2) is 0 Å². The van der Waals surface area contributed by atoms with Gasteiger partial charge in [-0.2, -0.15) is 0 Å². The summed E-state index contributed by atoms with van der Waals surface area (Å²) in [5.74, 6) is -1.03. The first-order valence-electron chi connectivity index (χ1n) is 7.94. The molecule has 0 heterocycles. The Morgan fingerprint density at radius 3 is 2.29 bits per heavy atom. The molecule has 0 saturated carbocycles. The summed E-state index contributed by atoms with van der Waals surface area (Å²) in [6.07, 6.45) is 1.80. The molecule has 1 rings (SSSR count). The molecule has 0 unspecified atom stereocenters. The molecule has 0 spiro atoms. The van der Waals surface area contributed by atoms with Crippen molar-refractivity contribution < 1.29 is 28.6 Å². The van der Waals surface area contributed by atoms with E-state index in [4.69, 9.17) is 14.2 Å². The lowest BCUT2D eigenvalue weighted by molar-refractivity contribution is -0.137. The number of benzene rings is 1. The summed E-state index contributed by atoms with van der Waals surface area (Å²) in [6.45, 7) is 3.64. The molecule has 24 heavy (non-hydrogen) atoms. The van der Waals surface area contributed by atoms with Crippen LogP contribution < -0.4 is 0 Å². The molecule has 7 heteroatoms. The molecule has 2 atom stereocenters. The summed E-state index contributed by atoms with van der Waals surface area (Å²) >= 11 is 0. The zero-order valence-electron chi connectivity index (χ0n) is 14.0. The molecule has 0 amide bonds. The fourth-order valence-electron chi connectivity index (χ4n) is 2.28. The predicted octanol–water partition coefficient (Wildman–Crippen LogP) is 3.56. The third-order valence-electron chi connectivity index (χ3n) is 3.36. The zero-order valence-corrected chi connectivity index (χ0v) is 14.9. The monoisotopic (exact) mass is 356 g/mol. The fourth-order valence-corrected chi connectivity index (χ4v) is 4.37. The van der Waals surface area contributed by atoms with Gasteiger partial charge < -0.3 is 19.3 Å². The van der Waals surface area contributed by atoms with Gasteiger partial charge in [-0.15, -0.1) is 0 Å². The maximum atomic E-state index is 12.9. The van der Waals surface area contributed by atoms with Crippen LogP contribution in [-0.2, 0) is 18.4 Å². The highest BCUT2D eigenvalue weighted by atomic mass is 31.2. The molecule has 0 aliphatic heterocycles. The molecule has 0 aliphatic carbocycles. The van der Waals surface area contributed by atoms with E-state index < -0.39 is 25.3 Å². The van der Waals surface area contributed by atoms with Gasteiger partial charge in [0.25, 0.3) is 0 Å². The average molecular weight is 356 g/mol. The van der Waals surface area contributed by atoms with Crippen LogP contribution >= 0.6 is 7.60 Å². The Balaban J connectivity index is 2.99. The van der Waals surface area contributed by atoms with Crippen molar-refractivity contribution in [1.82, 2.24) is 0 Å². The molecular formula is C17H25O6P. The number of hydrogen-bond donors (Lipinski definition) is 2. The first kappa shape index (κ1) is 20.6. The van der Waals surface area contributed by atoms with E-state index in [1.54, 1.807) is 19.9 Å². The second kappa shape index (κ2) is 10.4. The van der Waals surface area contributed by atoms with Crippen LogP contribution in [-0.4, -0.2) is 41.2 Å². The van der Waals surface area contributed by atoms with E-state index in [2.05, 4.69) is 0 Å². The Bertz CT molecular complexity index is 562. The van der Waals surface area contributed by atoms with Crippen molar-refractivity contribution in [3.05, 3.63) is 42.0 Å². The Hall–Kier alpha value is -1.46. The minimum atomic E-state index is -3.63. The van der Waals surface area contributed by atoms with Crippen molar-refractivity contribution in [1.29, 1.82) is 0 Å². The first-order chi connectivity index (χ1) is 11.4. The maximum absolute atomic E-state index is 12.9. The predicted molar refractivity (Wildman–Crippen MR) is 93.0 cm³/mol. The average Bonchev–Trinajstić information content (AvgIpc) is 2.54. The molecule has 0 bridgehead atoms.